The third-order valence-corrected chi connectivity index (χ3v) is 3.15. The monoisotopic (exact) mass is 332 g/mol. The van der Waals surface area contributed by atoms with E-state index in [0.29, 0.717) is 37.5 Å². The Labute approximate surface area is 132 Å². The Morgan fingerprint density at radius 1 is 0.526 bits per heavy atom. The van der Waals surface area contributed by atoms with E-state index in [1.165, 1.54) is 0 Å². The Morgan fingerprint density at radius 3 is 1.11 bits per heavy atom. The second-order valence-electron chi connectivity index (χ2n) is 4.09. The van der Waals surface area contributed by atoms with Crippen molar-refractivity contribution in [2.75, 3.05) is 37.5 Å². The van der Waals surface area contributed by atoms with Crippen LogP contribution in [0.4, 0.5) is 0 Å². The minimum atomic E-state index is -0.582. The van der Waals surface area contributed by atoms with Crippen LogP contribution in [0, 0.1) is 0 Å². The van der Waals surface area contributed by atoms with E-state index in [9.17, 15) is 0 Å². The first-order valence-electron chi connectivity index (χ1n) is 6.87. The van der Waals surface area contributed by atoms with Crippen LogP contribution in [0.2, 0.25) is 0 Å². The van der Waals surface area contributed by atoms with E-state index in [-0.39, 0.29) is 0 Å². The molecule has 0 fully saturated rings. The highest BCUT2D eigenvalue weighted by Gasteiger charge is 2.20. The third kappa shape index (κ3) is 15.0. The normalized spacial score (nSPS) is 10.9. The largest absolute Gasteiger partial charge is 0.639 e. The van der Waals surface area contributed by atoms with Gasteiger partial charge in [0.05, 0.1) is 0 Å². The molecular weight excluding hydrogens is 309 g/mol. The van der Waals surface area contributed by atoms with Gasteiger partial charge in [-0.15, -0.1) is 34.8 Å². The van der Waals surface area contributed by atoms with E-state index in [1.807, 2.05) is 0 Å². The van der Waals surface area contributed by atoms with Crippen molar-refractivity contribution in [1.82, 2.24) is 0 Å². The van der Waals surface area contributed by atoms with Gasteiger partial charge in [-0.3, -0.25) is 0 Å². The molecule has 0 spiro atoms. The molecule has 114 valence electrons. The van der Waals surface area contributed by atoms with Gasteiger partial charge in [-0.2, -0.15) is 0 Å². The van der Waals surface area contributed by atoms with Crippen LogP contribution in [0.3, 0.4) is 0 Å². The molecule has 3 nitrogen and oxygen atoms in total. The zero-order chi connectivity index (χ0) is 14.2. The number of hydrogen-bond donors (Lipinski definition) is 0. The second-order valence-corrected chi connectivity index (χ2v) is 5.22. The first kappa shape index (κ1) is 19.8. The predicted molar refractivity (Wildman–Crippen MR) is 83.5 cm³/mol. The highest BCUT2D eigenvalue weighted by molar-refractivity contribution is 6.36. The lowest BCUT2D eigenvalue weighted by molar-refractivity contribution is 0.0900. The fraction of sp³-hybridized carbons (Fsp3) is 1.00. The average molecular weight is 333 g/mol. The van der Waals surface area contributed by atoms with Crippen LogP contribution in [0.25, 0.3) is 0 Å². The van der Waals surface area contributed by atoms with Gasteiger partial charge in [-0.05, 0) is 38.5 Å². The summed E-state index contributed by atoms with van der Waals surface area (Å²) in [7, 11) is -0.582. The fourth-order valence-electron chi connectivity index (χ4n) is 1.27. The van der Waals surface area contributed by atoms with Gasteiger partial charge in [0.15, 0.2) is 0 Å². The minimum absolute atomic E-state index is 0.582. The molecule has 0 aromatic heterocycles. The van der Waals surface area contributed by atoms with E-state index in [4.69, 9.17) is 48.8 Å². The summed E-state index contributed by atoms with van der Waals surface area (Å²) >= 11 is 16.8. The second kappa shape index (κ2) is 16.9. The maximum atomic E-state index is 5.61. The molecule has 19 heavy (non-hydrogen) atoms. The quantitative estimate of drug-likeness (QED) is 0.257. The van der Waals surface area contributed by atoms with Crippen molar-refractivity contribution in [3.8, 4) is 0 Å². The van der Waals surface area contributed by atoms with Crippen LogP contribution in [0.1, 0.15) is 38.5 Å². The van der Waals surface area contributed by atoms with Gasteiger partial charge in [-0.1, -0.05) is 0 Å². The van der Waals surface area contributed by atoms with Crippen LogP contribution < -0.4 is 0 Å². The summed E-state index contributed by atoms with van der Waals surface area (Å²) in [6, 6.07) is 0. The Bertz CT molecular complexity index is 150. The van der Waals surface area contributed by atoms with Gasteiger partial charge in [0.25, 0.3) is 0 Å². The van der Waals surface area contributed by atoms with E-state index >= 15 is 0 Å². The molecule has 0 rings (SSSR count). The van der Waals surface area contributed by atoms with Crippen LogP contribution in [-0.2, 0) is 14.0 Å². The lowest BCUT2D eigenvalue weighted by Crippen LogP contribution is -2.29. The zero-order valence-corrected chi connectivity index (χ0v) is 13.7. The summed E-state index contributed by atoms with van der Waals surface area (Å²) in [4.78, 5) is 0. The molecule has 7 heteroatoms. The molecule has 0 aliphatic carbocycles. The number of unbranched alkanes of at least 4 members (excludes halogenated alkanes) is 3. The highest BCUT2D eigenvalue weighted by atomic mass is 35.5. The molecule has 0 heterocycles. The van der Waals surface area contributed by atoms with Gasteiger partial charge in [0.2, 0.25) is 0 Å². The minimum Gasteiger partial charge on any atom is -0.386 e. The van der Waals surface area contributed by atoms with Gasteiger partial charge in [0.1, 0.15) is 0 Å². The smallest absolute Gasteiger partial charge is 0.386 e. The first-order valence-corrected chi connectivity index (χ1v) is 8.48. The van der Waals surface area contributed by atoms with E-state index in [1.54, 1.807) is 0 Å². The SMILES string of the molecule is ClCCCCOB(OCCCCCl)OCCCCCl. The molecule has 0 aromatic rings. The number of alkyl halides is 3. The molecule has 0 aliphatic heterocycles. The molecule has 0 bridgehead atoms. The fourth-order valence-corrected chi connectivity index (χ4v) is 1.84. The van der Waals surface area contributed by atoms with Crippen LogP contribution in [0.15, 0.2) is 0 Å². The molecule has 0 amide bonds. The van der Waals surface area contributed by atoms with Crippen LogP contribution >= 0.6 is 34.8 Å². The number of hydrogen-bond acceptors (Lipinski definition) is 3. The molecule has 0 atom stereocenters. The molecule has 0 saturated heterocycles. The maximum Gasteiger partial charge on any atom is 0.639 e. The standard InChI is InChI=1S/C12H24BCl3O3/c14-7-1-4-10-17-13(18-11-5-2-8-15)19-12-6-3-9-16/h1-12H2. The first-order chi connectivity index (χ1) is 9.35. The Hall–Kier alpha value is 0.815. The van der Waals surface area contributed by atoms with E-state index < -0.39 is 7.32 Å². The van der Waals surface area contributed by atoms with Crippen molar-refractivity contribution in [1.29, 1.82) is 0 Å². The summed E-state index contributed by atoms with van der Waals surface area (Å²) in [5.74, 6) is 1.96. The average Bonchev–Trinajstić information content (AvgIpc) is 2.43. The molecular formula is C12H24BCl3O3. The van der Waals surface area contributed by atoms with Gasteiger partial charge in [0, 0.05) is 37.5 Å². The summed E-state index contributed by atoms with van der Waals surface area (Å²) in [6.45, 7) is 1.80. The van der Waals surface area contributed by atoms with Crippen molar-refractivity contribution in [2.45, 2.75) is 38.5 Å². The Kier molecular flexibility index (Phi) is 17.6. The van der Waals surface area contributed by atoms with Gasteiger partial charge >= 0.3 is 7.32 Å². The molecule has 0 N–H and O–H groups in total. The Balaban J connectivity index is 3.66. The molecule has 0 unspecified atom stereocenters. The third-order valence-electron chi connectivity index (χ3n) is 2.35. The summed E-state index contributed by atoms with van der Waals surface area (Å²) < 4.78 is 16.6. The highest BCUT2D eigenvalue weighted by Crippen LogP contribution is 2.02. The van der Waals surface area contributed by atoms with E-state index in [2.05, 4.69) is 0 Å². The Morgan fingerprint density at radius 2 is 0.842 bits per heavy atom. The zero-order valence-electron chi connectivity index (χ0n) is 11.4. The number of halogens is 3. The van der Waals surface area contributed by atoms with Gasteiger partial charge in [-0.25, -0.2) is 0 Å². The topological polar surface area (TPSA) is 27.7 Å². The van der Waals surface area contributed by atoms with Crippen molar-refractivity contribution in [2.24, 2.45) is 0 Å². The molecule has 0 aromatic carbocycles. The van der Waals surface area contributed by atoms with Crippen molar-refractivity contribution < 1.29 is 14.0 Å². The molecule has 0 radical (unpaired) electrons. The van der Waals surface area contributed by atoms with Crippen molar-refractivity contribution >= 4 is 42.1 Å². The van der Waals surface area contributed by atoms with E-state index in [0.717, 1.165) is 38.5 Å². The summed E-state index contributed by atoms with van der Waals surface area (Å²) in [5.41, 5.74) is 0. The lowest BCUT2D eigenvalue weighted by atomic mass is 10.2. The predicted octanol–water partition coefficient (Wildman–Crippen LogP) is 4.08. The van der Waals surface area contributed by atoms with Crippen LogP contribution in [-0.4, -0.2) is 44.8 Å². The molecule has 0 aliphatic rings. The maximum absolute atomic E-state index is 5.61. The van der Waals surface area contributed by atoms with Crippen LogP contribution in [0.5, 0.6) is 0 Å². The number of rotatable bonds is 15. The van der Waals surface area contributed by atoms with Crippen molar-refractivity contribution in [3.63, 3.8) is 0 Å². The summed E-state index contributed by atoms with van der Waals surface area (Å²) in [6.07, 6.45) is 5.55. The lowest BCUT2D eigenvalue weighted by Gasteiger charge is -2.14. The van der Waals surface area contributed by atoms with Gasteiger partial charge < -0.3 is 14.0 Å². The van der Waals surface area contributed by atoms with Crippen molar-refractivity contribution in [3.05, 3.63) is 0 Å². The summed E-state index contributed by atoms with van der Waals surface area (Å²) in [5, 5.41) is 0. The molecule has 0 saturated carbocycles.